The van der Waals surface area contributed by atoms with E-state index in [-0.39, 0.29) is 36.7 Å². The molecule has 35 heavy (non-hydrogen) atoms. The Labute approximate surface area is 207 Å². The van der Waals surface area contributed by atoms with Crippen LogP contribution in [0.2, 0.25) is 0 Å². The lowest BCUT2D eigenvalue weighted by Gasteiger charge is -2.16. The summed E-state index contributed by atoms with van der Waals surface area (Å²) in [5.74, 6) is -1.36. The van der Waals surface area contributed by atoms with Gasteiger partial charge in [-0.3, -0.25) is 9.59 Å². The number of amides is 2. The summed E-state index contributed by atoms with van der Waals surface area (Å²) in [7, 11) is 0. The second-order valence-electron chi connectivity index (χ2n) is 8.98. The fourth-order valence-electron chi connectivity index (χ4n) is 4.82. The maximum Gasteiger partial charge on any atom is 0.407 e. The predicted octanol–water partition coefficient (Wildman–Crippen LogP) is 4.55. The lowest BCUT2D eigenvalue weighted by atomic mass is 9.98. The molecule has 3 aromatic rings. The molecule has 1 aromatic heterocycles. The normalized spacial score (nSPS) is 18.7. The number of carbonyl (C=O) groups excluding carboxylic acids is 2. The van der Waals surface area contributed by atoms with E-state index < -0.39 is 18.1 Å². The van der Waals surface area contributed by atoms with Crippen LogP contribution in [0.25, 0.3) is 11.1 Å². The molecule has 3 atom stereocenters. The van der Waals surface area contributed by atoms with E-state index in [0.29, 0.717) is 13.0 Å². The Morgan fingerprint density at radius 3 is 2.31 bits per heavy atom. The highest BCUT2D eigenvalue weighted by atomic mass is 32.1. The van der Waals surface area contributed by atoms with Gasteiger partial charge in [0.25, 0.3) is 0 Å². The number of alkyl carbamates (subject to hydrolysis) is 1. The highest BCUT2D eigenvalue weighted by molar-refractivity contribution is 7.10. The van der Waals surface area contributed by atoms with Crippen LogP contribution in [0.4, 0.5) is 4.79 Å². The van der Waals surface area contributed by atoms with Crippen molar-refractivity contribution >= 4 is 29.3 Å². The molecule has 1 heterocycles. The van der Waals surface area contributed by atoms with E-state index in [1.54, 1.807) is 0 Å². The largest absolute Gasteiger partial charge is 0.481 e. The number of hydrogen-bond acceptors (Lipinski definition) is 5. The van der Waals surface area contributed by atoms with Crippen molar-refractivity contribution in [3.8, 4) is 11.1 Å². The van der Waals surface area contributed by atoms with E-state index in [2.05, 4.69) is 34.9 Å². The van der Waals surface area contributed by atoms with E-state index in [9.17, 15) is 19.5 Å². The summed E-state index contributed by atoms with van der Waals surface area (Å²) in [6.45, 7) is 0.587. The molecule has 0 spiro atoms. The van der Waals surface area contributed by atoms with E-state index in [1.165, 1.54) is 22.5 Å². The van der Waals surface area contributed by atoms with Gasteiger partial charge in [0.2, 0.25) is 5.91 Å². The average molecular weight is 491 g/mol. The van der Waals surface area contributed by atoms with Crippen LogP contribution in [0.1, 0.15) is 40.8 Å². The standard InChI is InChI=1S/C27H26N2O5S/c30-25(31)13-23(24-10-5-11-35-24)29-26(32)21-12-16(21)14-28-27(33)34-15-22-19-8-3-1-6-17(19)18-7-2-4-9-20(18)22/h1-11,16,21-23H,12-15H2,(H,28,33)(H,29,32)(H,30,31)/t16-,21-,23?/m0/s1. The minimum absolute atomic E-state index is 0.00368. The molecule has 180 valence electrons. The first kappa shape index (κ1) is 23.1. The number of benzene rings is 2. The molecule has 3 N–H and O–H groups in total. The van der Waals surface area contributed by atoms with Crippen LogP contribution in [-0.4, -0.2) is 36.2 Å². The smallest absolute Gasteiger partial charge is 0.407 e. The molecule has 1 unspecified atom stereocenters. The highest BCUT2D eigenvalue weighted by Gasteiger charge is 2.43. The van der Waals surface area contributed by atoms with Gasteiger partial charge in [-0.25, -0.2) is 4.79 Å². The van der Waals surface area contributed by atoms with Crippen molar-refractivity contribution in [1.29, 1.82) is 0 Å². The Bertz CT molecular complexity index is 1200. The minimum Gasteiger partial charge on any atom is -0.481 e. The first-order chi connectivity index (χ1) is 17.0. The molecule has 8 heteroatoms. The molecule has 2 aromatic carbocycles. The molecule has 0 saturated heterocycles. The maximum absolute atomic E-state index is 12.6. The summed E-state index contributed by atoms with van der Waals surface area (Å²) in [6, 6.07) is 19.4. The van der Waals surface area contributed by atoms with Crippen LogP contribution in [0.15, 0.2) is 66.0 Å². The van der Waals surface area contributed by atoms with Gasteiger partial charge < -0.3 is 20.5 Å². The molecule has 0 radical (unpaired) electrons. The quantitative estimate of drug-likeness (QED) is 0.408. The van der Waals surface area contributed by atoms with Gasteiger partial charge in [-0.2, -0.15) is 0 Å². The number of hydrogen-bond donors (Lipinski definition) is 3. The molecule has 7 nitrogen and oxygen atoms in total. The van der Waals surface area contributed by atoms with Crippen LogP contribution in [0.5, 0.6) is 0 Å². The van der Waals surface area contributed by atoms with Crippen LogP contribution in [-0.2, 0) is 14.3 Å². The summed E-state index contributed by atoms with van der Waals surface area (Å²) >= 11 is 1.42. The number of carbonyl (C=O) groups is 3. The van der Waals surface area contributed by atoms with Crippen molar-refractivity contribution in [3.05, 3.63) is 82.0 Å². The van der Waals surface area contributed by atoms with Crippen molar-refractivity contribution in [2.45, 2.75) is 24.8 Å². The Balaban J connectivity index is 1.10. The third kappa shape index (κ3) is 5.07. The first-order valence-corrected chi connectivity index (χ1v) is 12.5. The minimum atomic E-state index is -0.965. The average Bonchev–Trinajstić information content (AvgIpc) is 3.29. The second-order valence-corrected chi connectivity index (χ2v) is 9.96. The molecule has 0 bridgehead atoms. The van der Waals surface area contributed by atoms with Gasteiger partial charge in [-0.05, 0) is 46.0 Å². The fourth-order valence-corrected chi connectivity index (χ4v) is 5.60. The molecule has 5 rings (SSSR count). The maximum atomic E-state index is 12.6. The zero-order valence-electron chi connectivity index (χ0n) is 19.0. The molecule has 1 fully saturated rings. The highest BCUT2D eigenvalue weighted by Crippen LogP contribution is 2.44. The van der Waals surface area contributed by atoms with Gasteiger partial charge >= 0.3 is 12.1 Å². The van der Waals surface area contributed by atoms with Crippen LogP contribution in [0, 0.1) is 11.8 Å². The lowest BCUT2D eigenvalue weighted by molar-refractivity contribution is -0.137. The van der Waals surface area contributed by atoms with E-state index in [0.717, 1.165) is 16.0 Å². The van der Waals surface area contributed by atoms with Crippen molar-refractivity contribution in [1.82, 2.24) is 10.6 Å². The number of aliphatic carboxylic acids is 1. The third-order valence-corrected chi connectivity index (χ3v) is 7.68. The van der Waals surface area contributed by atoms with Crippen LogP contribution < -0.4 is 10.6 Å². The van der Waals surface area contributed by atoms with E-state index in [4.69, 9.17) is 4.74 Å². The van der Waals surface area contributed by atoms with Crippen molar-refractivity contribution in [2.75, 3.05) is 13.2 Å². The number of rotatable bonds is 9. The van der Waals surface area contributed by atoms with E-state index in [1.807, 2.05) is 41.8 Å². The summed E-state index contributed by atoms with van der Waals surface area (Å²) in [4.78, 5) is 37.0. The second kappa shape index (κ2) is 9.92. The number of nitrogens with one attached hydrogen (secondary N) is 2. The van der Waals surface area contributed by atoms with Gasteiger partial charge in [-0.1, -0.05) is 54.6 Å². The Morgan fingerprint density at radius 2 is 1.69 bits per heavy atom. The van der Waals surface area contributed by atoms with Gasteiger partial charge in [0.05, 0.1) is 12.5 Å². The third-order valence-electron chi connectivity index (χ3n) is 6.69. The van der Waals surface area contributed by atoms with Gasteiger partial charge in [0, 0.05) is 23.3 Å². The molecule has 2 aliphatic carbocycles. The Morgan fingerprint density at radius 1 is 1.00 bits per heavy atom. The summed E-state index contributed by atoms with van der Waals surface area (Å²) in [5, 5.41) is 16.7. The Hall–Kier alpha value is -3.65. The summed E-state index contributed by atoms with van der Waals surface area (Å²) in [5.41, 5.74) is 4.66. The molecular formula is C27H26N2O5S. The molecular weight excluding hydrogens is 464 g/mol. The summed E-state index contributed by atoms with van der Waals surface area (Å²) < 4.78 is 5.56. The molecule has 0 aliphatic heterocycles. The summed E-state index contributed by atoms with van der Waals surface area (Å²) in [6.07, 6.45) is -0.0123. The van der Waals surface area contributed by atoms with E-state index >= 15 is 0 Å². The van der Waals surface area contributed by atoms with Gasteiger partial charge in [0.15, 0.2) is 0 Å². The van der Waals surface area contributed by atoms with Crippen LogP contribution >= 0.6 is 11.3 Å². The number of ether oxygens (including phenoxy) is 1. The zero-order chi connectivity index (χ0) is 24.4. The lowest BCUT2D eigenvalue weighted by Crippen LogP contribution is -2.33. The van der Waals surface area contributed by atoms with Gasteiger partial charge in [-0.15, -0.1) is 11.3 Å². The van der Waals surface area contributed by atoms with Crippen LogP contribution in [0.3, 0.4) is 0 Å². The monoisotopic (exact) mass is 490 g/mol. The predicted molar refractivity (Wildman–Crippen MR) is 132 cm³/mol. The number of carboxylic acid groups (broad SMARTS) is 1. The molecule has 2 aliphatic rings. The zero-order valence-corrected chi connectivity index (χ0v) is 19.8. The van der Waals surface area contributed by atoms with Gasteiger partial charge in [0.1, 0.15) is 6.61 Å². The number of thiophene rings is 1. The van der Waals surface area contributed by atoms with Crippen molar-refractivity contribution in [3.63, 3.8) is 0 Å². The van der Waals surface area contributed by atoms with Crippen molar-refractivity contribution in [2.24, 2.45) is 11.8 Å². The number of carboxylic acids is 1. The number of fused-ring (bicyclic) bond motifs is 3. The molecule has 1 saturated carbocycles. The SMILES string of the molecule is O=C(O)CC(NC(=O)[C@H]1C[C@H]1CNC(=O)OCC1c2ccccc2-c2ccccc21)c1cccs1. The molecule has 2 amide bonds. The topological polar surface area (TPSA) is 105 Å². The fraction of sp³-hybridized carbons (Fsp3) is 0.296. The Kier molecular flexibility index (Phi) is 6.55. The van der Waals surface area contributed by atoms with Crippen molar-refractivity contribution < 1.29 is 24.2 Å². The first-order valence-electron chi connectivity index (χ1n) is 11.7.